The second-order valence-electron chi connectivity index (χ2n) is 6.96. The predicted molar refractivity (Wildman–Crippen MR) is 109 cm³/mol. The number of guanidine groups is 1. The minimum atomic E-state index is 0.630. The van der Waals surface area contributed by atoms with Gasteiger partial charge in [-0.3, -0.25) is 4.99 Å². The van der Waals surface area contributed by atoms with Crippen molar-refractivity contribution >= 4 is 16.9 Å². The molecule has 2 aromatic rings. The Kier molecular flexibility index (Phi) is 6.95. The van der Waals surface area contributed by atoms with Crippen molar-refractivity contribution in [2.75, 3.05) is 39.4 Å². The molecule has 3 rings (SSSR count). The Hall–Kier alpha value is -2.01. The van der Waals surface area contributed by atoms with Gasteiger partial charge >= 0.3 is 0 Å². The van der Waals surface area contributed by atoms with E-state index in [1.807, 2.05) is 0 Å². The molecule has 5 heteroatoms. The Morgan fingerprint density at radius 1 is 1.35 bits per heavy atom. The van der Waals surface area contributed by atoms with E-state index >= 15 is 0 Å². The highest BCUT2D eigenvalue weighted by molar-refractivity contribution is 5.83. The standard InChI is InChI=1S/C21H32N4O/c1-3-22-21(25-13-11-17(15-25)16-26-4-2)23-12-7-8-18-14-24-20-10-6-5-9-19(18)20/h5-6,9-10,14,17,24H,3-4,7-8,11-13,15-16H2,1-2H3,(H,22,23). The van der Waals surface area contributed by atoms with Gasteiger partial charge in [-0.2, -0.15) is 0 Å². The average molecular weight is 357 g/mol. The molecule has 2 N–H and O–H groups in total. The van der Waals surface area contributed by atoms with Crippen LogP contribution >= 0.6 is 0 Å². The summed E-state index contributed by atoms with van der Waals surface area (Å²) in [6.07, 6.45) is 5.45. The van der Waals surface area contributed by atoms with Crippen molar-refractivity contribution in [2.45, 2.75) is 33.1 Å². The van der Waals surface area contributed by atoms with E-state index in [1.165, 1.54) is 22.9 Å². The number of hydrogen-bond acceptors (Lipinski definition) is 2. The molecule has 26 heavy (non-hydrogen) atoms. The summed E-state index contributed by atoms with van der Waals surface area (Å²) in [5.41, 5.74) is 2.61. The Bertz CT molecular complexity index is 709. The molecule has 0 radical (unpaired) electrons. The molecule has 0 saturated carbocycles. The van der Waals surface area contributed by atoms with Crippen molar-refractivity contribution in [1.82, 2.24) is 15.2 Å². The summed E-state index contributed by atoms with van der Waals surface area (Å²) in [4.78, 5) is 10.6. The quantitative estimate of drug-likeness (QED) is 0.433. The first kappa shape index (κ1) is 18.8. The molecule has 0 amide bonds. The number of aryl methyl sites for hydroxylation is 1. The van der Waals surface area contributed by atoms with Gasteiger partial charge in [-0.05, 0) is 44.7 Å². The summed E-state index contributed by atoms with van der Waals surface area (Å²) in [5, 5.41) is 4.79. The van der Waals surface area contributed by atoms with Crippen LogP contribution in [0, 0.1) is 5.92 Å². The maximum absolute atomic E-state index is 5.59. The molecule has 1 aliphatic heterocycles. The van der Waals surface area contributed by atoms with Gasteiger partial charge in [0, 0.05) is 55.8 Å². The molecule has 1 atom stereocenters. The number of para-hydroxylation sites is 1. The first-order valence-electron chi connectivity index (χ1n) is 9.97. The fraction of sp³-hybridized carbons (Fsp3) is 0.571. The smallest absolute Gasteiger partial charge is 0.193 e. The van der Waals surface area contributed by atoms with Gasteiger partial charge in [-0.1, -0.05) is 18.2 Å². The van der Waals surface area contributed by atoms with Crippen molar-refractivity contribution in [3.05, 3.63) is 36.0 Å². The molecular weight excluding hydrogens is 324 g/mol. The number of likely N-dealkylation sites (tertiary alicyclic amines) is 1. The molecule has 1 aromatic heterocycles. The molecule has 142 valence electrons. The minimum Gasteiger partial charge on any atom is -0.381 e. The fourth-order valence-electron chi connectivity index (χ4n) is 3.66. The van der Waals surface area contributed by atoms with E-state index < -0.39 is 0 Å². The van der Waals surface area contributed by atoms with Crippen LogP contribution < -0.4 is 5.32 Å². The Morgan fingerprint density at radius 2 is 2.23 bits per heavy atom. The molecule has 0 spiro atoms. The van der Waals surface area contributed by atoms with Gasteiger partial charge in [0.1, 0.15) is 0 Å². The zero-order valence-corrected chi connectivity index (χ0v) is 16.1. The summed E-state index contributed by atoms with van der Waals surface area (Å²) in [6.45, 7) is 9.76. The molecule has 1 aromatic carbocycles. The summed E-state index contributed by atoms with van der Waals surface area (Å²) < 4.78 is 5.59. The van der Waals surface area contributed by atoms with Crippen molar-refractivity contribution in [3.63, 3.8) is 0 Å². The Labute approximate surface area is 156 Å². The lowest BCUT2D eigenvalue weighted by Crippen LogP contribution is -2.40. The Morgan fingerprint density at radius 3 is 3.08 bits per heavy atom. The number of hydrogen-bond donors (Lipinski definition) is 2. The number of nitrogens with zero attached hydrogens (tertiary/aromatic N) is 2. The molecule has 1 unspecified atom stereocenters. The van der Waals surface area contributed by atoms with E-state index in [0.29, 0.717) is 5.92 Å². The molecule has 1 fully saturated rings. The highest BCUT2D eigenvalue weighted by Gasteiger charge is 2.24. The second-order valence-corrected chi connectivity index (χ2v) is 6.96. The number of benzene rings is 1. The van der Waals surface area contributed by atoms with Crippen LogP contribution in [0.25, 0.3) is 10.9 Å². The number of nitrogens with one attached hydrogen (secondary N) is 2. The predicted octanol–water partition coefficient (Wildman–Crippen LogP) is 3.42. The average Bonchev–Trinajstić information content (AvgIpc) is 3.30. The summed E-state index contributed by atoms with van der Waals surface area (Å²) >= 11 is 0. The van der Waals surface area contributed by atoms with Crippen LogP contribution in [-0.4, -0.2) is 55.2 Å². The van der Waals surface area contributed by atoms with Crippen molar-refractivity contribution in [1.29, 1.82) is 0 Å². The highest BCUT2D eigenvalue weighted by Crippen LogP contribution is 2.19. The van der Waals surface area contributed by atoms with E-state index in [1.54, 1.807) is 0 Å². The lowest BCUT2D eigenvalue weighted by atomic mass is 10.1. The van der Waals surface area contributed by atoms with Crippen molar-refractivity contribution in [2.24, 2.45) is 10.9 Å². The van der Waals surface area contributed by atoms with E-state index in [9.17, 15) is 0 Å². The normalized spacial score (nSPS) is 18.0. The number of H-pyrrole nitrogens is 1. The topological polar surface area (TPSA) is 52.7 Å². The van der Waals surface area contributed by atoms with Crippen molar-refractivity contribution in [3.8, 4) is 0 Å². The van der Waals surface area contributed by atoms with Crippen LogP contribution in [0.4, 0.5) is 0 Å². The van der Waals surface area contributed by atoms with Gasteiger partial charge in [0.05, 0.1) is 6.61 Å². The first-order valence-corrected chi connectivity index (χ1v) is 9.97. The highest BCUT2D eigenvalue weighted by atomic mass is 16.5. The van der Waals surface area contributed by atoms with E-state index in [2.05, 4.69) is 59.5 Å². The third kappa shape index (κ3) is 4.79. The van der Waals surface area contributed by atoms with Gasteiger partial charge in [0.25, 0.3) is 0 Å². The number of ether oxygens (including phenoxy) is 1. The lowest BCUT2D eigenvalue weighted by Gasteiger charge is -2.21. The third-order valence-electron chi connectivity index (χ3n) is 5.02. The largest absolute Gasteiger partial charge is 0.381 e. The van der Waals surface area contributed by atoms with Gasteiger partial charge < -0.3 is 19.9 Å². The SMILES string of the molecule is CCNC(=NCCCc1c[nH]c2ccccc12)N1CCC(COCC)C1. The lowest BCUT2D eigenvalue weighted by molar-refractivity contribution is 0.114. The number of fused-ring (bicyclic) bond motifs is 1. The molecular formula is C21H32N4O. The molecule has 2 heterocycles. The monoisotopic (exact) mass is 356 g/mol. The van der Waals surface area contributed by atoms with Crippen LogP contribution in [-0.2, 0) is 11.2 Å². The molecule has 1 aliphatic rings. The molecule has 1 saturated heterocycles. The molecule has 0 bridgehead atoms. The first-order chi connectivity index (χ1) is 12.8. The molecule has 0 aliphatic carbocycles. The summed E-state index contributed by atoms with van der Waals surface area (Å²) in [5.74, 6) is 1.69. The van der Waals surface area contributed by atoms with E-state index in [-0.39, 0.29) is 0 Å². The minimum absolute atomic E-state index is 0.630. The number of aromatic amines is 1. The van der Waals surface area contributed by atoms with Crippen LogP contribution in [0.15, 0.2) is 35.5 Å². The third-order valence-corrected chi connectivity index (χ3v) is 5.02. The van der Waals surface area contributed by atoms with Crippen LogP contribution in [0.2, 0.25) is 0 Å². The summed E-state index contributed by atoms with van der Waals surface area (Å²) in [7, 11) is 0. The maximum Gasteiger partial charge on any atom is 0.193 e. The zero-order chi connectivity index (χ0) is 18.2. The maximum atomic E-state index is 5.59. The number of aliphatic imine (C=N–C) groups is 1. The Balaban J connectivity index is 1.51. The van der Waals surface area contributed by atoms with E-state index in [0.717, 1.165) is 58.2 Å². The zero-order valence-electron chi connectivity index (χ0n) is 16.1. The van der Waals surface area contributed by atoms with Gasteiger partial charge in [0.15, 0.2) is 5.96 Å². The summed E-state index contributed by atoms with van der Waals surface area (Å²) in [6, 6.07) is 8.50. The van der Waals surface area contributed by atoms with Crippen LogP contribution in [0.3, 0.4) is 0 Å². The van der Waals surface area contributed by atoms with Crippen LogP contribution in [0.1, 0.15) is 32.3 Å². The van der Waals surface area contributed by atoms with Crippen molar-refractivity contribution < 1.29 is 4.74 Å². The van der Waals surface area contributed by atoms with Gasteiger partial charge in [-0.25, -0.2) is 0 Å². The van der Waals surface area contributed by atoms with Gasteiger partial charge in [0.2, 0.25) is 0 Å². The van der Waals surface area contributed by atoms with Gasteiger partial charge in [-0.15, -0.1) is 0 Å². The van der Waals surface area contributed by atoms with E-state index in [4.69, 9.17) is 9.73 Å². The van der Waals surface area contributed by atoms with Crippen LogP contribution in [0.5, 0.6) is 0 Å². The fourth-order valence-corrected chi connectivity index (χ4v) is 3.66. The number of rotatable bonds is 8. The second kappa shape index (κ2) is 9.62. The number of aromatic nitrogens is 1. The molecule has 5 nitrogen and oxygen atoms in total.